The third-order valence-electron chi connectivity index (χ3n) is 2.63. The standard InChI is InChI=1S/C10H14BrN3S/c1-13-4-6-14(7-5-13)10(12)8-2-3-9(11)15-8/h2-3,12H,4-7H2,1H3. The summed E-state index contributed by atoms with van der Waals surface area (Å²) in [5, 5.41) is 8.10. The Bertz CT molecular complexity index is 355. The second-order valence-electron chi connectivity index (χ2n) is 3.74. The maximum atomic E-state index is 8.10. The fourth-order valence-corrected chi connectivity index (χ4v) is 2.99. The fourth-order valence-electron chi connectivity index (χ4n) is 1.63. The lowest BCUT2D eigenvalue weighted by molar-refractivity contribution is 0.215. The predicted molar refractivity (Wildman–Crippen MR) is 67.9 cm³/mol. The second-order valence-corrected chi connectivity index (χ2v) is 6.21. The average Bonchev–Trinajstić information content (AvgIpc) is 2.65. The number of likely N-dealkylation sites (N-methyl/N-ethyl adjacent to an activating group) is 1. The van der Waals surface area contributed by atoms with Gasteiger partial charge in [-0.1, -0.05) is 0 Å². The first kappa shape index (κ1) is 11.1. The topological polar surface area (TPSA) is 30.3 Å². The summed E-state index contributed by atoms with van der Waals surface area (Å²) in [6.07, 6.45) is 0. The first-order valence-electron chi connectivity index (χ1n) is 4.94. The van der Waals surface area contributed by atoms with Gasteiger partial charge in [0.25, 0.3) is 0 Å². The van der Waals surface area contributed by atoms with Gasteiger partial charge in [0.2, 0.25) is 0 Å². The summed E-state index contributed by atoms with van der Waals surface area (Å²) in [6.45, 7) is 4.03. The summed E-state index contributed by atoms with van der Waals surface area (Å²) in [4.78, 5) is 5.50. The Kier molecular flexibility index (Phi) is 3.43. The van der Waals surface area contributed by atoms with Crippen molar-refractivity contribution in [3.8, 4) is 0 Å². The van der Waals surface area contributed by atoms with Crippen LogP contribution in [0.4, 0.5) is 0 Å². The molecule has 1 aromatic heterocycles. The summed E-state index contributed by atoms with van der Waals surface area (Å²) >= 11 is 5.06. The van der Waals surface area contributed by atoms with Crippen LogP contribution in [0.3, 0.4) is 0 Å². The van der Waals surface area contributed by atoms with Crippen LogP contribution in [0.2, 0.25) is 0 Å². The molecule has 1 fully saturated rings. The molecule has 5 heteroatoms. The minimum Gasteiger partial charge on any atom is -0.353 e. The van der Waals surface area contributed by atoms with Crippen molar-refractivity contribution >= 4 is 33.1 Å². The number of nitrogens with zero attached hydrogens (tertiary/aromatic N) is 2. The highest BCUT2D eigenvalue weighted by Gasteiger charge is 2.18. The van der Waals surface area contributed by atoms with Crippen LogP contribution in [0.5, 0.6) is 0 Å². The molecule has 0 spiro atoms. The highest BCUT2D eigenvalue weighted by atomic mass is 79.9. The molecule has 0 saturated carbocycles. The van der Waals surface area contributed by atoms with Crippen LogP contribution in [0.15, 0.2) is 15.9 Å². The number of halogens is 1. The zero-order valence-corrected chi connectivity index (χ0v) is 11.1. The van der Waals surface area contributed by atoms with Gasteiger partial charge in [-0.05, 0) is 35.1 Å². The zero-order chi connectivity index (χ0) is 10.8. The predicted octanol–water partition coefficient (Wildman–Crippen LogP) is 2.08. The van der Waals surface area contributed by atoms with Crippen molar-refractivity contribution in [2.75, 3.05) is 33.2 Å². The summed E-state index contributed by atoms with van der Waals surface area (Å²) in [5.74, 6) is 0.666. The van der Waals surface area contributed by atoms with E-state index in [4.69, 9.17) is 5.41 Å². The van der Waals surface area contributed by atoms with Crippen LogP contribution in [0.25, 0.3) is 0 Å². The van der Waals surface area contributed by atoms with E-state index in [9.17, 15) is 0 Å². The summed E-state index contributed by atoms with van der Waals surface area (Å²) in [6, 6.07) is 4.01. The molecule has 1 aromatic rings. The molecule has 0 unspecified atom stereocenters. The maximum Gasteiger partial charge on any atom is 0.138 e. The smallest absolute Gasteiger partial charge is 0.138 e. The number of hydrogen-bond donors (Lipinski definition) is 1. The van der Waals surface area contributed by atoms with E-state index in [1.807, 2.05) is 12.1 Å². The van der Waals surface area contributed by atoms with Crippen LogP contribution >= 0.6 is 27.3 Å². The monoisotopic (exact) mass is 287 g/mol. The Labute approximate surface area is 102 Å². The molecule has 1 aliphatic heterocycles. The second kappa shape index (κ2) is 4.63. The van der Waals surface area contributed by atoms with Gasteiger partial charge in [-0.2, -0.15) is 0 Å². The Hall–Kier alpha value is -0.390. The van der Waals surface area contributed by atoms with E-state index >= 15 is 0 Å². The van der Waals surface area contributed by atoms with Gasteiger partial charge in [0, 0.05) is 26.2 Å². The lowest BCUT2D eigenvalue weighted by atomic mass is 10.3. The van der Waals surface area contributed by atoms with Crippen molar-refractivity contribution < 1.29 is 0 Å². The Balaban J connectivity index is 2.02. The van der Waals surface area contributed by atoms with Crippen LogP contribution in [-0.2, 0) is 0 Å². The number of nitrogens with one attached hydrogen (secondary N) is 1. The minimum absolute atomic E-state index is 0.666. The van der Waals surface area contributed by atoms with Gasteiger partial charge in [-0.15, -0.1) is 11.3 Å². The van der Waals surface area contributed by atoms with E-state index in [1.54, 1.807) is 11.3 Å². The van der Waals surface area contributed by atoms with E-state index in [1.165, 1.54) is 0 Å². The number of hydrogen-bond acceptors (Lipinski definition) is 3. The summed E-state index contributed by atoms with van der Waals surface area (Å²) in [5.41, 5.74) is 0. The SMILES string of the molecule is CN1CCN(C(=N)c2ccc(Br)s2)CC1. The van der Waals surface area contributed by atoms with E-state index in [2.05, 4.69) is 32.8 Å². The van der Waals surface area contributed by atoms with Crippen LogP contribution in [0, 0.1) is 5.41 Å². The molecule has 15 heavy (non-hydrogen) atoms. The lowest BCUT2D eigenvalue weighted by Crippen LogP contribution is -2.46. The first-order chi connectivity index (χ1) is 7.16. The molecule has 82 valence electrons. The molecule has 1 saturated heterocycles. The molecule has 2 rings (SSSR count). The molecule has 1 N–H and O–H groups in total. The molecule has 0 bridgehead atoms. The van der Waals surface area contributed by atoms with E-state index in [-0.39, 0.29) is 0 Å². The largest absolute Gasteiger partial charge is 0.353 e. The van der Waals surface area contributed by atoms with Gasteiger partial charge in [-0.3, -0.25) is 5.41 Å². The Morgan fingerprint density at radius 3 is 2.53 bits per heavy atom. The van der Waals surface area contributed by atoms with Gasteiger partial charge >= 0.3 is 0 Å². The van der Waals surface area contributed by atoms with E-state index < -0.39 is 0 Å². The highest BCUT2D eigenvalue weighted by molar-refractivity contribution is 9.11. The summed E-state index contributed by atoms with van der Waals surface area (Å²) < 4.78 is 1.09. The third-order valence-corrected chi connectivity index (χ3v) is 4.26. The maximum absolute atomic E-state index is 8.10. The van der Waals surface area contributed by atoms with Crippen LogP contribution in [0.1, 0.15) is 4.88 Å². The number of amidine groups is 1. The number of rotatable bonds is 1. The molecule has 0 radical (unpaired) electrons. The Morgan fingerprint density at radius 1 is 1.33 bits per heavy atom. The quantitative estimate of drug-likeness (QED) is 0.633. The molecule has 0 atom stereocenters. The molecule has 0 amide bonds. The normalized spacial score (nSPS) is 18.1. The fraction of sp³-hybridized carbons (Fsp3) is 0.500. The highest BCUT2D eigenvalue weighted by Crippen LogP contribution is 2.23. The van der Waals surface area contributed by atoms with Gasteiger partial charge in [0.1, 0.15) is 5.84 Å². The molecule has 0 aliphatic carbocycles. The van der Waals surface area contributed by atoms with E-state index in [0.717, 1.165) is 34.8 Å². The van der Waals surface area contributed by atoms with Gasteiger partial charge in [0.05, 0.1) is 8.66 Å². The zero-order valence-electron chi connectivity index (χ0n) is 8.66. The lowest BCUT2D eigenvalue weighted by Gasteiger charge is -2.33. The minimum atomic E-state index is 0.666. The molecule has 1 aliphatic rings. The molecule has 2 heterocycles. The number of piperazine rings is 1. The van der Waals surface area contributed by atoms with Crippen molar-refractivity contribution in [3.05, 3.63) is 20.8 Å². The summed E-state index contributed by atoms with van der Waals surface area (Å²) in [7, 11) is 2.13. The number of thiophene rings is 1. The van der Waals surface area contributed by atoms with Crippen LogP contribution in [-0.4, -0.2) is 48.9 Å². The van der Waals surface area contributed by atoms with E-state index in [0.29, 0.717) is 5.84 Å². The molecule has 3 nitrogen and oxygen atoms in total. The first-order valence-corrected chi connectivity index (χ1v) is 6.55. The average molecular weight is 288 g/mol. The van der Waals surface area contributed by atoms with Crippen molar-refractivity contribution in [1.29, 1.82) is 5.41 Å². The van der Waals surface area contributed by atoms with Gasteiger partial charge in [-0.25, -0.2) is 0 Å². The molecular formula is C10H14BrN3S. The van der Waals surface area contributed by atoms with Gasteiger partial charge in [0.15, 0.2) is 0 Å². The van der Waals surface area contributed by atoms with Crippen molar-refractivity contribution in [1.82, 2.24) is 9.80 Å². The molecule has 0 aromatic carbocycles. The van der Waals surface area contributed by atoms with Crippen molar-refractivity contribution in [2.24, 2.45) is 0 Å². The molecular weight excluding hydrogens is 274 g/mol. The third kappa shape index (κ3) is 2.59. The van der Waals surface area contributed by atoms with Crippen molar-refractivity contribution in [2.45, 2.75) is 0 Å². The van der Waals surface area contributed by atoms with Crippen LogP contribution < -0.4 is 0 Å². The van der Waals surface area contributed by atoms with Gasteiger partial charge < -0.3 is 9.80 Å². The Morgan fingerprint density at radius 2 is 2.00 bits per heavy atom. The van der Waals surface area contributed by atoms with Crippen molar-refractivity contribution in [3.63, 3.8) is 0 Å².